The van der Waals surface area contributed by atoms with Crippen LogP contribution in [0.2, 0.25) is 0 Å². The lowest BCUT2D eigenvalue weighted by Crippen LogP contribution is -2.11. The molecule has 22 heavy (non-hydrogen) atoms. The smallest absolute Gasteiger partial charge is 0.333 e. The van der Waals surface area contributed by atoms with Crippen molar-refractivity contribution in [1.29, 1.82) is 0 Å². The van der Waals surface area contributed by atoms with Gasteiger partial charge in [0, 0.05) is 23.1 Å². The SMILES string of the molecule is C=C(C)C(=O)OCCc1ccccc1C(=O)c1ccccc1. The lowest BCUT2D eigenvalue weighted by molar-refractivity contribution is -0.138. The maximum absolute atomic E-state index is 12.6. The highest BCUT2D eigenvalue weighted by Gasteiger charge is 2.13. The Kier molecular flexibility index (Phi) is 5.26. The van der Waals surface area contributed by atoms with Crippen LogP contribution in [-0.4, -0.2) is 18.4 Å². The van der Waals surface area contributed by atoms with E-state index >= 15 is 0 Å². The van der Waals surface area contributed by atoms with Crippen molar-refractivity contribution >= 4 is 11.8 Å². The lowest BCUT2D eigenvalue weighted by atomic mass is 9.97. The first-order chi connectivity index (χ1) is 10.6. The van der Waals surface area contributed by atoms with Crippen molar-refractivity contribution in [2.75, 3.05) is 6.61 Å². The summed E-state index contributed by atoms with van der Waals surface area (Å²) >= 11 is 0. The van der Waals surface area contributed by atoms with Crippen molar-refractivity contribution < 1.29 is 14.3 Å². The van der Waals surface area contributed by atoms with Gasteiger partial charge in [0.15, 0.2) is 5.78 Å². The van der Waals surface area contributed by atoms with Gasteiger partial charge in [-0.15, -0.1) is 0 Å². The number of benzene rings is 2. The summed E-state index contributed by atoms with van der Waals surface area (Å²) in [6, 6.07) is 16.5. The molecule has 0 aliphatic heterocycles. The molecule has 0 unspecified atom stereocenters. The van der Waals surface area contributed by atoms with E-state index in [0.29, 0.717) is 23.1 Å². The van der Waals surface area contributed by atoms with E-state index in [1.165, 1.54) is 0 Å². The number of ketones is 1. The molecule has 2 aromatic carbocycles. The third-order valence-electron chi connectivity index (χ3n) is 3.25. The van der Waals surface area contributed by atoms with Crippen molar-refractivity contribution in [2.45, 2.75) is 13.3 Å². The first-order valence-corrected chi connectivity index (χ1v) is 7.10. The fraction of sp³-hybridized carbons (Fsp3) is 0.158. The molecule has 0 amide bonds. The number of ether oxygens (including phenoxy) is 1. The Bertz CT molecular complexity index is 687. The van der Waals surface area contributed by atoms with Gasteiger partial charge in [-0.2, -0.15) is 0 Å². The van der Waals surface area contributed by atoms with Crippen LogP contribution in [0.25, 0.3) is 0 Å². The van der Waals surface area contributed by atoms with E-state index in [0.717, 1.165) is 5.56 Å². The zero-order valence-corrected chi connectivity index (χ0v) is 12.5. The van der Waals surface area contributed by atoms with E-state index in [1.807, 2.05) is 36.4 Å². The van der Waals surface area contributed by atoms with Gasteiger partial charge in [0.05, 0.1) is 6.61 Å². The van der Waals surface area contributed by atoms with Gasteiger partial charge < -0.3 is 4.74 Å². The summed E-state index contributed by atoms with van der Waals surface area (Å²) in [5, 5.41) is 0. The van der Waals surface area contributed by atoms with Gasteiger partial charge in [0.2, 0.25) is 0 Å². The molecule has 112 valence electrons. The third kappa shape index (κ3) is 3.92. The van der Waals surface area contributed by atoms with Crippen molar-refractivity contribution in [2.24, 2.45) is 0 Å². The zero-order chi connectivity index (χ0) is 15.9. The molecule has 0 aliphatic carbocycles. The molecule has 3 nitrogen and oxygen atoms in total. The average molecular weight is 294 g/mol. The molecular formula is C19H18O3. The van der Waals surface area contributed by atoms with Crippen molar-refractivity contribution in [3.63, 3.8) is 0 Å². The van der Waals surface area contributed by atoms with Gasteiger partial charge in [-0.1, -0.05) is 61.2 Å². The molecule has 0 heterocycles. The predicted molar refractivity (Wildman–Crippen MR) is 85.8 cm³/mol. The molecule has 0 N–H and O–H groups in total. The van der Waals surface area contributed by atoms with Crippen LogP contribution in [0.1, 0.15) is 28.4 Å². The standard InChI is InChI=1S/C19H18O3/c1-14(2)19(21)22-13-12-15-8-6-7-11-17(15)18(20)16-9-4-3-5-10-16/h3-11H,1,12-13H2,2H3. The highest BCUT2D eigenvalue weighted by molar-refractivity contribution is 6.09. The first kappa shape index (κ1) is 15.7. The second-order valence-electron chi connectivity index (χ2n) is 5.02. The number of carbonyl (C=O) groups excluding carboxylic acids is 2. The van der Waals surface area contributed by atoms with Crippen LogP contribution in [0.5, 0.6) is 0 Å². The third-order valence-corrected chi connectivity index (χ3v) is 3.25. The van der Waals surface area contributed by atoms with Crippen LogP contribution >= 0.6 is 0 Å². The van der Waals surface area contributed by atoms with Crippen LogP contribution in [-0.2, 0) is 16.0 Å². The molecule has 2 aromatic rings. The van der Waals surface area contributed by atoms with Crippen LogP contribution in [0, 0.1) is 0 Å². The van der Waals surface area contributed by atoms with Gasteiger partial charge in [-0.05, 0) is 12.5 Å². The molecular weight excluding hydrogens is 276 g/mol. The van der Waals surface area contributed by atoms with Gasteiger partial charge in [-0.3, -0.25) is 4.79 Å². The number of carbonyl (C=O) groups is 2. The second-order valence-corrected chi connectivity index (χ2v) is 5.02. The molecule has 0 fully saturated rings. The molecule has 0 atom stereocenters. The number of hydrogen-bond acceptors (Lipinski definition) is 3. The van der Waals surface area contributed by atoms with Gasteiger partial charge in [-0.25, -0.2) is 4.79 Å². The van der Waals surface area contributed by atoms with Gasteiger partial charge >= 0.3 is 5.97 Å². The highest BCUT2D eigenvalue weighted by Crippen LogP contribution is 2.15. The molecule has 0 radical (unpaired) electrons. The largest absolute Gasteiger partial charge is 0.462 e. The molecule has 2 rings (SSSR count). The number of rotatable bonds is 6. The second kappa shape index (κ2) is 7.36. The summed E-state index contributed by atoms with van der Waals surface area (Å²) in [5.74, 6) is -0.436. The fourth-order valence-corrected chi connectivity index (χ4v) is 2.08. The van der Waals surface area contributed by atoms with E-state index in [4.69, 9.17) is 4.74 Å². The Hall–Kier alpha value is -2.68. The van der Waals surface area contributed by atoms with Crippen LogP contribution in [0.15, 0.2) is 66.7 Å². The molecule has 0 aromatic heterocycles. The molecule has 0 aliphatic rings. The number of hydrogen-bond donors (Lipinski definition) is 0. The Morgan fingerprint density at radius 3 is 2.32 bits per heavy atom. The Labute approximate surface area is 130 Å². The van der Waals surface area contributed by atoms with E-state index in [1.54, 1.807) is 25.1 Å². The molecule has 0 saturated carbocycles. The minimum absolute atomic E-state index is 0.0255. The van der Waals surface area contributed by atoms with Crippen LogP contribution in [0.3, 0.4) is 0 Å². The minimum Gasteiger partial charge on any atom is -0.462 e. The quantitative estimate of drug-likeness (QED) is 0.464. The van der Waals surface area contributed by atoms with E-state index < -0.39 is 5.97 Å². The maximum atomic E-state index is 12.6. The monoisotopic (exact) mass is 294 g/mol. The summed E-state index contributed by atoms with van der Waals surface area (Å²) in [5.41, 5.74) is 2.52. The fourth-order valence-electron chi connectivity index (χ4n) is 2.08. The van der Waals surface area contributed by atoms with Crippen LogP contribution < -0.4 is 0 Å². The predicted octanol–water partition coefficient (Wildman–Crippen LogP) is 3.58. The topological polar surface area (TPSA) is 43.4 Å². The average Bonchev–Trinajstić information content (AvgIpc) is 2.55. The zero-order valence-electron chi connectivity index (χ0n) is 12.5. The summed E-state index contributed by atoms with van der Waals surface area (Å²) in [6.07, 6.45) is 0.494. The normalized spacial score (nSPS) is 10.0. The van der Waals surface area contributed by atoms with E-state index in [-0.39, 0.29) is 12.4 Å². The highest BCUT2D eigenvalue weighted by atomic mass is 16.5. The maximum Gasteiger partial charge on any atom is 0.333 e. The summed E-state index contributed by atoms with van der Waals surface area (Å²) < 4.78 is 5.10. The van der Waals surface area contributed by atoms with Crippen molar-refractivity contribution in [1.82, 2.24) is 0 Å². The molecule has 0 spiro atoms. The minimum atomic E-state index is -0.410. The van der Waals surface area contributed by atoms with Gasteiger partial charge in [0.25, 0.3) is 0 Å². The van der Waals surface area contributed by atoms with E-state index in [9.17, 15) is 9.59 Å². The first-order valence-electron chi connectivity index (χ1n) is 7.10. The van der Waals surface area contributed by atoms with Crippen LogP contribution in [0.4, 0.5) is 0 Å². The summed E-state index contributed by atoms with van der Waals surface area (Å²) in [6.45, 7) is 5.37. The lowest BCUT2D eigenvalue weighted by Gasteiger charge is -2.09. The number of esters is 1. The Morgan fingerprint density at radius 2 is 1.64 bits per heavy atom. The Morgan fingerprint density at radius 1 is 1.00 bits per heavy atom. The van der Waals surface area contributed by atoms with Crippen molar-refractivity contribution in [3.8, 4) is 0 Å². The summed E-state index contributed by atoms with van der Waals surface area (Å²) in [4.78, 5) is 23.9. The van der Waals surface area contributed by atoms with Gasteiger partial charge in [0.1, 0.15) is 0 Å². The summed E-state index contributed by atoms with van der Waals surface area (Å²) in [7, 11) is 0. The molecule has 0 saturated heterocycles. The van der Waals surface area contributed by atoms with Crippen molar-refractivity contribution in [3.05, 3.63) is 83.4 Å². The van der Waals surface area contributed by atoms with E-state index in [2.05, 4.69) is 6.58 Å². The Balaban J connectivity index is 2.12. The molecule has 0 bridgehead atoms. The molecule has 3 heteroatoms.